The Hall–Kier alpha value is -3.67. The molecule has 2 N–H and O–H groups in total. The van der Waals surface area contributed by atoms with Crippen LogP contribution >= 0.6 is 0 Å². The van der Waals surface area contributed by atoms with Crippen LogP contribution < -0.4 is 10.2 Å². The van der Waals surface area contributed by atoms with Crippen molar-refractivity contribution in [3.8, 4) is 0 Å². The highest BCUT2D eigenvalue weighted by Crippen LogP contribution is 2.58. The van der Waals surface area contributed by atoms with Crippen molar-refractivity contribution in [2.45, 2.75) is 45.6 Å². The number of amides is 1. The molecule has 6 heteroatoms. The topological polar surface area (TPSA) is 78.1 Å². The summed E-state index contributed by atoms with van der Waals surface area (Å²) in [6.07, 6.45) is 1.10. The predicted molar refractivity (Wildman–Crippen MR) is 127 cm³/mol. The van der Waals surface area contributed by atoms with Crippen LogP contribution in [-0.2, 0) is 21.5 Å². The number of hydrogen-bond acceptors (Lipinski definition) is 4. The van der Waals surface area contributed by atoms with Crippen molar-refractivity contribution in [2.75, 3.05) is 10.2 Å². The van der Waals surface area contributed by atoms with Crippen molar-refractivity contribution in [3.05, 3.63) is 88.3 Å². The van der Waals surface area contributed by atoms with Gasteiger partial charge in [-0.05, 0) is 30.4 Å². The molecule has 0 bridgehead atoms. The van der Waals surface area contributed by atoms with Gasteiger partial charge in [-0.15, -0.1) is 0 Å². The van der Waals surface area contributed by atoms with E-state index in [9.17, 15) is 9.59 Å². The molecule has 1 aromatic heterocycles. The Labute approximate surface area is 192 Å². The van der Waals surface area contributed by atoms with Crippen molar-refractivity contribution in [1.82, 2.24) is 10.2 Å². The number of rotatable bonds is 2. The standard InChI is InChI=1S/C27H26N4O2/c1-16-22-24(30-29-16)28-19-13-26(2,3)14-21(32)23(19)27(22)18-11-7-8-12-20(18)31(25(27)33)15-17-9-5-4-6-10-17/h4-12H,13-15H2,1-3H3,(H2,28,29,30). The van der Waals surface area contributed by atoms with E-state index in [0.717, 1.165) is 33.8 Å². The van der Waals surface area contributed by atoms with Gasteiger partial charge in [-0.3, -0.25) is 14.7 Å². The summed E-state index contributed by atoms with van der Waals surface area (Å²) in [5.74, 6) is 0.589. The predicted octanol–water partition coefficient (Wildman–Crippen LogP) is 4.62. The zero-order chi connectivity index (χ0) is 23.0. The van der Waals surface area contributed by atoms with Gasteiger partial charge in [-0.1, -0.05) is 62.4 Å². The van der Waals surface area contributed by atoms with Gasteiger partial charge >= 0.3 is 0 Å². The van der Waals surface area contributed by atoms with Crippen LogP contribution in [0.5, 0.6) is 0 Å². The van der Waals surface area contributed by atoms with Crippen LogP contribution in [0.3, 0.4) is 0 Å². The van der Waals surface area contributed by atoms with E-state index in [0.29, 0.717) is 30.8 Å². The molecule has 0 saturated carbocycles. The first-order chi connectivity index (χ1) is 15.8. The average Bonchev–Trinajstić information content (AvgIpc) is 3.25. The number of benzene rings is 2. The number of hydrogen-bond donors (Lipinski definition) is 2. The van der Waals surface area contributed by atoms with Gasteiger partial charge in [0.25, 0.3) is 0 Å². The number of H-pyrrole nitrogens is 1. The number of fused-ring (bicyclic) bond motifs is 5. The van der Waals surface area contributed by atoms with Crippen molar-refractivity contribution in [2.24, 2.45) is 5.41 Å². The zero-order valence-electron chi connectivity index (χ0n) is 19.0. The molecule has 166 valence electrons. The quantitative estimate of drug-likeness (QED) is 0.612. The second-order valence-electron chi connectivity index (χ2n) is 10.1. The summed E-state index contributed by atoms with van der Waals surface area (Å²) in [5.41, 5.74) is 4.36. The summed E-state index contributed by atoms with van der Waals surface area (Å²) in [5, 5.41) is 11.0. The lowest BCUT2D eigenvalue weighted by Crippen LogP contribution is -2.49. The van der Waals surface area contributed by atoms with Crippen molar-refractivity contribution < 1.29 is 9.59 Å². The fourth-order valence-corrected chi connectivity index (χ4v) is 5.97. The molecule has 1 spiro atoms. The number of nitrogens with one attached hydrogen (secondary N) is 2. The number of ketones is 1. The number of carbonyl (C=O) groups excluding carboxylic acids is 2. The molecule has 3 aromatic rings. The van der Waals surface area contributed by atoms with Gasteiger partial charge in [0.2, 0.25) is 5.91 Å². The highest BCUT2D eigenvalue weighted by Gasteiger charge is 2.62. The maximum absolute atomic E-state index is 14.6. The van der Waals surface area contributed by atoms with E-state index in [1.807, 2.05) is 66.4 Å². The number of para-hydroxylation sites is 1. The Morgan fingerprint density at radius 2 is 1.73 bits per heavy atom. The van der Waals surface area contributed by atoms with Gasteiger partial charge in [-0.2, -0.15) is 5.10 Å². The summed E-state index contributed by atoms with van der Waals surface area (Å²) in [6, 6.07) is 17.9. The van der Waals surface area contributed by atoms with Gasteiger partial charge < -0.3 is 10.2 Å². The molecule has 33 heavy (non-hydrogen) atoms. The van der Waals surface area contributed by atoms with E-state index < -0.39 is 5.41 Å². The highest BCUT2D eigenvalue weighted by molar-refractivity contribution is 6.21. The molecular formula is C27H26N4O2. The monoisotopic (exact) mass is 438 g/mol. The van der Waals surface area contributed by atoms with Gasteiger partial charge in [0.15, 0.2) is 11.6 Å². The third kappa shape index (κ3) is 2.64. The van der Waals surface area contributed by atoms with Crippen molar-refractivity contribution in [1.29, 1.82) is 0 Å². The smallest absolute Gasteiger partial charge is 0.247 e. The highest BCUT2D eigenvalue weighted by atomic mass is 16.2. The second kappa shape index (κ2) is 6.67. The zero-order valence-corrected chi connectivity index (χ0v) is 19.0. The van der Waals surface area contributed by atoms with Gasteiger partial charge in [0.1, 0.15) is 5.41 Å². The van der Waals surface area contributed by atoms with Crippen LogP contribution in [0.15, 0.2) is 65.9 Å². The van der Waals surface area contributed by atoms with Gasteiger partial charge in [0, 0.05) is 40.2 Å². The van der Waals surface area contributed by atoms with Crippen LogP contribution in [-0.4, -0.2) is 21.9 Å². The second-order valence-corrected chi connectivity index (χ2v) is 10.1. The van der Waals surface area contributed by atoms with Gasteiger partial charge in [0.05, 0.1) is 6.54 Å². The Bertz CT molecular complexity index is 1350. The third-order valence-electron chi connectivity index (χ3n) is 7.19. The molecule has 6 rings (SSSR count). The van der Waals surface area contributed by atoms with Crippen molar-refractivity contribution in [3.63, 3.8) is 0 Å². The van der Waals surface area contributed by atoms with E-state index in [1.165, 1.54) is 0 Å². The first-order valence-electron chi connectivity index (χ1n) is 11.4. The maximum atomic E-state index is 14.6. The molecule has 0 radical (unpaired) electrons. The molecule has 2 aliphatic heterocycles. The molecule has 1 atom stereocenters. The Balaban J connectivity index is 1.64. The van der Waals surface area contributed by atoms with Crippen LogP contribution in [0.4, 0.5) is 11.5 Å². The van der Waals surface area contributed by atoms with E-state index >= 15 is 0 Å². The summed E-state index contributed by atoms with van der Waals surface area (Å²) >= 11 is 0. The lowest BCUT2D eigenvalue weighted by molar-refractivity contribution is -0.125. The number of Topliss-reactive ketones (excluding diaryl/α,β-unsaturated/α-hetero) is 1. The molecule has 0 fully saturated rings. The molecule has 2 aromatic carbocycles. The largest absolute Gasteiger partial charge is 0.342 e. The van der Waals surface area contributed by atoms with Crippen LogP contribution in [0.25, 0.3) is 0 Å². The molecule has 0 saturated heterocycles. The van der Waals surface area contributed by atoms with E-state index in [4.69, 9.17) is 0 Å². The van der Waals surface area contributed by atoms with Crippen LogP contribution in [0.1, 0.15) is 49.1 Å². The number of aryl methyl sites for hydroxylation is 1. The fourth-order valence-electron chi connectivity index (χ4n) is 5.97. The van der Waals surface area contributed by atoms with E-state index in [-0.39, 0.29) is 17.1 Å². The lowest BCUT2D eigenvalue weighted by atomic mass is 9.61. The lowest BCUT2D eigenvalue weighted by Gasteiger charge is -2.42. The molecule has 6 nitrogen and oxygen atoms in total. The first-order valence-corrected chi connectivity index (χ1v) is 11.4. The SMILES string of the molecule is Cc1[nH]nc2c1C1(C(=O)N(Cc3ccccc3)c3ccccc31)C1=C(CC(C)(C)CC1=O)N2. The number of aromatic nitrogens is 2. The molecule has 1 amide bonds. The number of anilines is 2. The number of carbonyl (C=O) groups is 2. The number of allylic oxidation sites excluding steroid dienone is 1. The van der Waals surface area contributed by atoms with Crippen LogP contribution in [0.2, 0.25) is 0 Å². The minimum atomic E-state index is -1.19. The number of aromatic amines is 1. The molecular weight excluding hydrogens is 412 g/mol. The van der Waals surface area contributed by atoms with Crippen molar-refractivity contribution >= 4 is 23.2 Å². The molecule has 3 aliphatic rings. The van der Waals surface area contributed by atoms with Gasteiger partial charge in [-0.25, -0.2) is 0 Å². The third-order valence-corrected chi connectivity index (χ3v) is 7.19. The summed E-state index contributed by atoms with van der Waals surface area (Å²) < 4.78 is 0. The normalized spacial score (nSPS) is 22.8. The Morgan fingerprint density at radius 1 is 1.00 bits per heavy atom. The molecule has 1 unspecified atom stereocenters. The minimum absolute atomic E-state index is 0.0321. The van der Waals surface area contributed by atoms with Crippen LogP contribution in [0, 0.1) is 12.3 Å². The average molecular weight is 439 g/mol. The maximum Gasteiger partial charge on any atom is 0.247 e. The number of nitrogens with zero attached hydrogens (tertiary/aromatic N) is 2. The molecule has 3 heterocycles. The summed E-state index contributed by atoms with van der Waals surface area (Å²) in [7, 11) is 0. The first kappa shape index (κ1) is 20.0. The Kier molecular flexibility index (Phi) is 4.04. The summed E-state index contributed by atoms with van der Waals surface area (Å²) in [6.45, 7) is 6.56. The van der Waals surface area contributed by atoms with E-state index in [1.54, 1.807) is 0 Å². The molecule has 1 aliphatic carbocycles. The minimum Gasteiger partial charge on any atom is -0.342 e. The Morgan fingerprint density at radius 3 is 2.52 bits per heavy atom. The fraction of sp³-hybridized carbons (Fsp3) is 0.296. The van der Waals surface area contributed by atoms with E-state index in [2.05, 4.69) is 29.4 Å². The summed E-state index contributed by atoms with van der Waals surface area (Å²) in [4.78, 5) is 30.2.